The van der Waals surface area contributed by atoms with Gasteiger partial charge < -0.3 is 14.4 Å². The smallest absolute Gasteiger partial charge is 0.246 e. The maximum atomic E-state index is 13.7. The molecule has 1 aromatic carbocycles. The molecule has 3 fully saturated rings. The third-order valence-electron chi connectivity index (χ3n) is 6.77. The van der Waals surface area contributed by atoms with Crippen LogP contribution in [0.4, 0.5) is 4.39 Å². The van der Waals surface area contributed by atoms with E-state index in [9.17, 15) is 12.8 Å². The Labute approximate surface area is 178 Å². The van der Waals surface area contributed by atoms with Gasteiger partial charge in [0.05, 0.1) is 18.8 Å². The van der Waals surface area contributed by atoms with E-state index in [1.807, 2.05) is 0 Å². The van der Waals surface area contributed by atoms with E-state index in [4.69, 9.17) is 9.47 Å². The van der Waals surface area contributed by atoms with E-state index >= 15 is 0 Å². The minimum atomic E-state index is -3.82. The highest BCUT2D eigenvalue weighted by molar-refractivity contribution is 7.89. The van der Waals surface area contributed by atoms with E-state index in [1.165, 1.54) is 23.5 Å². The number of piperazine rings is 1. The molecule has 1 aromatic rings. The van der Waals surface area contributed by atoms with Gasteiger partial charge in [-0.15, -0.1) is 0 Å². The monoisotopic (exact) mass is 441 g/mol. The Morgan fingerprint density at radius 3 is 2.50 bits per heavy atom. The van der Waals surface area contributed by atoms with Crippen molar-refractivity contribution in [3.8, 4) is 5.75 Å². The van der Waals surface area contributed by atoms with Crippen molar-refractivity contribution in [1.82, 2.24) is 14.1 Å². The molecule has 0 saturated carbocycles. The van der Waals surface area contributed by atoms with Crippen LogP contribution in [0.15, 0.2) is 23.1 Å². The maximum Gasteiger partial charge on any atom is 0.246 e. The highest BCUT2D eigenvalue weighted by Gasteiger charge is 2.45. The van der Waals surface area contributed by atoms with Gasteiger partial charge in [0.15, 0.2) is 0 Å². The van der Waals surface area contributed by atoms with Crippen molar-refractivity contribution in [3.05, 3.63) is 24.0 Å². The highest BCUT2D eigenvalue weighted by Crippen LogP contribution is 2.41. The topological polar surface area (TPSA) is 62.3 Å². The number of hydrogen-bond donors (Lipinski definition) is 0. The van der Waals surface area contributed by atoms with Crippen LogP contribution in [0.5, 0.6) is 5.75 Å². The molecule has 0 N–H and O–H groups in total. The summed E-state index contributed by atoms with van der Waals surface area (Å²) in [6.07, 6.45) is 3.56. The number of likely N-dealkylation sites (N-methyl/N-ethyl adjacent to an activating group) is 1. The summed E-state index contributed by atoms with van der Waals surface area (Å²) in [4.78, 5) is 4.71. The van der Waals surface area contributed by atoms with Gasteiger partial charge in [0.2, 0.25) is 10.0 Å². The summed E-state index contributed by atoms with van der Waals surface area (Å²) in [7, 11) is -0.269. The molecule has 4 rings (SSSR count). The second-order valence-corrected chi connectivity index (χ2v) is 10.7. The van der Waals surface area contributed by atoms with Crippen LogP contribution in [-0.4, -0.2) is 94.2 Å². The first-order valence-corrected chi connectivity index (χ1v) is 12.2. The lowest BCUT2D eigenvalue weighted by atomic mass is 9.89. The van der Waals surface area contributed by atoms with Crippen molar-refractivity contribution in [1.29, 1.82) is 0 Å². The van der Waals surface area contributed by atoms with E-state index in [0.717, 1.165) is 51.6 Å². The predicted molar refractivity (Wildman–Crippen MR) is 112 cm³/mol. The standard InChI is InChI=1S/C21H32FN3O4S/c1-23-11-13-24(14-12-23)16-18-5-6-21(29-18)7-9-25(10-8-21)30(26,27)20-15-17(22)3-4-19(20)28-2/h3-4,15,18H,5-14,16H2,1-2H3. The number of methoxy groups -OCH3 is 1. The lowest BCUT2D eigenvalue weighted by molar-refractivity contribution is -0.0777. The minimum absolute atomic E-state index is 0.110. The maximum absolute atomic E-state index is 13.7. The van der Waals surface area contributed by atoms with Crippen LogP contribution >= 0.6 is 0 Å². The molecule has 9 heteroatoms. The van der Waals surface area contributed by atoms with Gasteiger partial charge in [-0.05, 0) is 50.9 Å². The molecule has 168 valence electrons. The highest BCUT2D eigenvalue weighted by atomic mass is 32.2. The molecule has 3 aliphatic heterocycles. The second kappa shape index (κ2) is 8.70. The van der Waals surface area contributed by atoms with Crippen LogP contribution in [0.2, 0.25) is 0 Å². The minimum Gasteiger partial charge on any atom is -0.495 e. The molecule has 1 spiro atoms. The Hall–Kier alpha value is -1.26. The van der Waals surface area contributed by atoms with Gasteiger partial charge in [-0.1, -0.05) is 0 Å². The summed E-state index contributed by atoms with van der Waals surface area (Å²) in [6.45, 7) is 6.04. The Morgan fingerprint density at radius 2 is 1.83 bits per heavy atom. The van der Waals surface area contributed by atoms with Crippen LogP contribution in [0.1, 0.15) is 25.7 Å². The Balaban J connectivity index is 1.36. The number of sulfonamides is 1. The first-order chi connectivity index (χ1) is 14.3. The predicted octanol–water partition coefficient (Wildman–Crippen LogP) is 1.78. The van der Waals surface area contributed by atoms with Crippen LogP contribution in [0.25, 0.3) is 0 Å². The largest absolute Gasteiger partial charge is 0.495 e. The first-order valence-electron chi connectivity index (χ1n) is 10.7. The van der Waals surface area contributed by atoms with Gasteiger partial charge >= 0.3 is 0 Å². The zero-order valence-electron chi connectivity index (χ0n) is 17.8. The molecule has 3 aliphatic rings. The normalized spacial score (nSPS) is 26.3. The van der Waals surface area contributed by atoms with E-state index in [0.29, 0.717) is 25.9 Å². The summed E-state index contributed by atoms with van der Waals surface area (Å²) in [5.74, 6) is -0.422. The summed E-state index contributed by atoms with van der Waals surface area (Å²) in [5, 5.41) is 0. The van der Waals surface area contributed by atoms with Gasteiger partial charge in [0.25, 0.3) is 0 Å². The van der Waals surface area contributed by atoms with E-state index in [2.05, 4.69) is 16.8 Å². The van der Waals surface area contributed by atoms with Gasteiger partial charge in [0.1, 0.15) is 16.5 Å². The van der Waals surface area contributed by atoms with E-state index in [1.54, 1.807) is 0 Å². The van der Waals surface area contributed by atoms with Crippen LogP contribution in [0, 0.1) is 5.82 Å². The quantitative estimate of drug-likeness (QED) is 0.694. The van der Waals surface area contributed by atoms with Crippen molar-refractivity contribution >= 4 is 10.0 Å². The molecule has 3 saturated heterocycles. The first kappa shape index (κ1) is 22.0. The van der Waals surface area contributed by atoms with Crippen molar-refractivity contribution in [2.45, 2.75) is 42.3 Å². The molecule has 1 unspecified atom stereocenters. The number of rotatable bonds is 5. The van der Waals surface area contributed by atoms with Gasteiger partial charge in [-0.2, -0.15) is 4.31 Å². The van der Waals surface area contributed by atoms with Crippen LogP contribution in [-0.2, 0) is 14.8 Å². The molecular formula is C21H32FN3O4S. The van der Waals surface area contributed by atoms with Crippen molar-refractivity contribution < 1.29 is 22.3 Å². The fourth-order valence-electron chi connectivity index (χ4n) is 4.84. The summed E-state index contributed by atoms with van der Waals surface area (Å²) in [5.41, 5.74) is -0.227. The zero-order chi connectivity index (χ0) is 21.4. The molecule has 0 bridgehead atoms. The molecule has 0 radical (unpaired) electrons. The fourth-order valence-corrected chi connectivity index (χ4v) is 6.44. The van der Waals surface area contributed by atoms with E-state index < -0.39 is 15.8 Å². The average Bonchev–Trinajstić information content (AvgIpc) is 3.12. The summed E-state index contributed by atoms with van der Waals surface area (Å²) < 4.78 is 53.0. The Kier molecular flexibility index (Phi) is 6.37. The lowest BCUT2D eigenvalue weighted by Crippen LogP contribution is -2.49. The average molecular weight is 442 g/mol. The number of nitrogens with zero attached hydrogens (tertiary/aromatic N) is 3. The third-order valence-corrected chi connectivity index (χ3v) is 8.69. The SMILES string of the molecule is COc1ccc(F)cc1S(=O)(=O)N1CCC2(CCC(CN3CCN(C)CC3)O2)CC1. The van der Waals surface area contributed by atoms with Crippen molar-refractivity contribution in [3.63, 3.8) is 0 Å². The zero-order valence-corrected chi connectivity index (χ0v) is 18.7. The van der Waals surface area contributed by atoms with Crippen molar-refractivity contribution in [2.75, 3.05) is 60.0 Å². The summed E-state index contributed by atoms with van der Waals surface area (Å²) >= 11 is 0. The van der Waals surface area contributed by atoms with E-state index in [-0.39, 0.29) is 22.4 Å². The molecule has 0 aromatic heterocycles. The Bertz CT molecular complexity index is 850. The van der Waals surface area contributed by atoms with Gasteiger partial charge in [-0.3, -0.25) is 4.90 Å². The fraction of sp³-hybridized carbons (Fsp3) is 0.714. The number of ether oxygens (including phenoxy) is 2. The van der Waals surface area contributed by atoms with Gasteiger partial charge in [0, 0.05) is 45.8 Å². The third kappa shape index (κ3) is 4.50. The number of hydrogen-bond acceptors (Lipinski definition) is 6. The lowest BCUT2D eigenvalue weighted by Gasteiger charge is -2.39. The Morgan fingerprint density at radius 1 is 1.13 bits per heavy atom. The number of benzene rings is 1. The molecule has 0 aliphatic carbocycles. The van der Waals surface area contributed by atoms with Crippen molar-refractivity contribution in [2.24, 2.45) is 0 Å². The number of halogens is 1. The second-order valence-electron chi connectivity index (χ2n) is 8.76. The number of piperidine rings is 1. The molecule has 7 nitrogen and oxygen atoms in total. The molecule has 0 amide bonds. The molecular weight excluding hydrogens is 409 g/mol. The van der Waals surface area contributed by atoms with Gasteiger partial charge in [-0.25, -0.2) is 12.8 Å². The van der Waals surface area contributed by atoms with Crippen LogP contribution in [0.3, 0.4) is 0 Å². The molecule has 30 heavy (non-hydrogen) atoms. The van der Waals surface area contributed by atoms with Crippen LogP contribution < -0.4 is 4.74 Å². The molecule has 1 atom stereocenters. The summed E-state index contributed by atoms with van der Waals surface area (Å²) in [6, 6.07) is 3.60. The molecule has 3 heterocycles.